The number of hydrogen-bond donors (Lipinski definition) is 0. The average molecular weight is 343 g/mol. The van der Waals surface area contributed by atoms with E-state index in [0.717, 1.165) is 6.42 Å². The van der Waals surface area contributed by atoms with Crippen molar-refractivity contribution in [3.8, 4) is 0 Å². The molecular weight excluding hydrogens is 323 g/mol. The van der Waals surface area contributed by atoms with Gasteiger partial charge in [0.2, 0.25) is 0 Å². The molecule has 20 heavy (non-hydrogen) atoms. The summed E-state index contributed by atoms with van der Waals surface area (Å²) in [6.45, 7) is 4.17. The third kappa shape index (κ3) is 10.3. The molecule has 0 unspecified atom stereocenters. The molecule has 1 aliphatic rings. The zero-order valence-corrected chi connectivity index (χ0v) is 15.0. The monoisotopic (exact) mass is 342 g/mol. The van der Waals surface area contributed by atoms with Gasteiger partial charge in [-0.15, -0.1) is 60.9 Å². The van der Waals surface area contributed by atoms with Crippen LogP contribution < -0.4 is 0 Å². The van der Waals surface area contributed by atoms with Crippen molar-refractivity contribution in [2.45, 2.75) is 20.3 Å². The van der Waals surface area contributed by atoms with Crippen LogP contribution >= 0.6 is 24.8 Å². The summed E-state index contributed by atoms with van der Waals surface area (Å²) in [7, 11) is 0. The van der Waals surface area contributed by atoms with Gasteiger partial charge >= 0.3 is 37.6 Å². The number of benzene rings is 1. The van der Waals surface area contributed by atoms with E-state index in [0.29, 0.717) is 0 Å². The van der Waals surface area contributed by atoms with Crippen molar-refractivity contribution in [3.05, 3.63) is 66.8 Å². The van der Waals surface area contributed by atoms with Crippen LogP contribution in [0.15, 0.2) is 60.7 Å². The number of allylic oxidation sites excluding steroid dienone is 4. The number of rotatable bonds is 0. The van der Waals surface area contributed by atoms with Gasteiger partial charge in [0.1, 0.15) is 0 Å². The van der Waals surface area contributed by atoms with E-state index in [-0.39, 0.29) is 24.8 Å². The standard InChI is InChI=1S/C9H7.C5H5.C3H6.2ClH.Ti/c1-2-5-9-7-3-6-8(9)4-1;1-2-4-5-3-1;1-3-2;;;/h1-7H;1-3H,4H2;1-2H3;2*1H;/q2*-1;;;;+2. The summed E-state index contributed by atoms with van der Waals surface area (Å²) in [5, 5.41) is 2.66. The molecule has 0 N–H and O–H groups in total. The van der Waals surface area contributed by atoms with E-state index < -0.39 is 0 Å². The summed E-state index contributed by atoms with van der Waals surface area (Å²) in [5.74, 6) is 0. The Morgan fingerprint density at radius 2 is 1.80 bits per heavy atom. The first-order valence-electron chi connectivity index (χ1n) is 6.04. The van der Waals surface area contributed by atoms with Crippen LogP contribution in [0.2, 0.25) is 0 Å². The predicted octanol–water partition coefficient (Wildman–Crippen LogP) is 5.45. The summed E-state index contributed by atoms with van der Waals surface area (Å²) in [6.07, 6.45) is 10.0. The van der Waals surface area contributed by atoms with Gasteiger partial charge in [-0.25, -0.2) is 12.2 Å². The molecule has 106 valence electrons. The van der Waals surface area contributed by atoms with E-state index >= 15 is 0 Å². The van der Waals surface area contributed by atoms with Gasteiger partial charge in [0, 0.05) is 0 Å². The maximum atomic E-state index is 2.99. The Labute approximate surface area is 146 Å². The first-order chi connectivity index (χ1) is 8.70. The molecular formula is C17H20Cl2Ti. The Kier molecular flexibility index (Phi) is 14.6. The molecule has 1 aliphatic carbocycles. The fraction of sp³-hybridized carbons (Fsp3) is 0.176. The second kappa shape index (κ2) is 13.5. The molecule has 0 nitrogen and oxygen atoms in total. The molecule has 0 spiro atoms. The van der Waals surface area contributed by atoms with Crippen LogP contribution in [0.1, 0.15) is 20.3 Å². The van der Waals surface area contributed by atoms with Gasteiger partial charge in [-0.05, 0) is 0 Å². The zero-order chi connectivity index (χ0) is 13.2. The van der Waals surface area contributed by atoms with Crippen LogP contribution in [-0.2, 0) is 20.0 Å². The summed E-state index contributed by atoms with van der Waals surface area (Å²) in [6, 6.07) is 14.7. The van der Waals surface area contributed by atoms with Crippen LogP contribution in [0.25, 0.3) is 10.8 Å². The second-order valence-electron chi connectivity index (χ2n) is 4.16. The van der Waals surface area contributed by atoms with Gasteiger partial charge in [0.05, 0.1) is 0 Å². The maximum Gasteiger partial charge on any atom is -0.0809 e. The molecule has 0 amide bonds. The van der Waals surface area contributed by atoms with E-state index in [4.69, 9.17) is 0 Å². The molecule has 0 aromatic heterocycles. The first kappa shape index (κ1) is 21.8. The van der Waals surface area contributed by atoms with Crippen LogP contribution in [-0.4, -0.2) is 3.81 Å². The molecule has 0 atom stereocenters. The molecule has 2 aromatic carbocycles. The Hall–Kier alpha value is -0.526. The van der Waals surface area contributed by atoms with Crippen molar-refractivity contribution in [3.63, 3.8) is 0 Å². The van der Waals surface area contributed by atoms with Crippen molar-refractivity contribution < 1.29 is 20.0 Å². The Bertz CT molecular complexity index is 494. The van der Waals surface area contributed by atoms with Crippen LogP contribution in [0, 0.1) is 6.08 Å². The summed E-state index contributed by atoms with van der Waals surface area (Å²) in [5.41, 5.74) is 0. The van der Waals surface area contributed by atoms with Gasteiger partial charge < -0.3 is 0 Å². The van der Waals surface area contributed by atoms with E-state index in [1.807, 2.05) is 12.2 Å². The van der Waals surface area contributed by atoms with Gasteiger partial charge in [0.15, 0.2) is 0 Å². The van der Waals surface area contributed by atoms with Gasteiger partial charge in [-0.3, -0.25) is 6.08 Å². The van der Waals surface area contributed by atoms with E-state index in [2.05, 4.69) is 88.4 Å². The minimum atomic E-state index is 0. The number of fused-ring (bicyclic) bond motifs is 1. The largest absolute Gasteiger partial charge is 0.273 e. The molecule has 0 saturated heterocycles. The van der Waals surface area contributed by atoms with Crippen molar-refractivity contribution in [1.82, 2.24) is 0 Å². The Morgan fingerprint density at radius 1 is 1.15 bits per heavy atom. The molecule has 3 heteroatoms. The summed E-state index contributed by atoms with van der Waals surface area (Å²) < 4.78 is 1.42. The predicted molar refractivity (Wildman–Crippen MR) is 92.0 cm³/mol. The summed E-state index contributed by atoms with van der Waals surface area (Å²) in [4.78, 5) is 0. The fourth-order valence-electron chi connectivity index (χ4n) is 1.41. The van der Waals surface area contributed by atoms with Crippen molar-refractivity contribution in [2.75, 3.05) is 0 Å². The molecule has 3 rings (SSSR count). The third-order valence-corrected chi connectivity index (χ3v) is 2.13. The van der Waals surface area contributed by atoms with Crippen molar-refractivity contribution in [1.29, 1.82) is 0 Å². The molecule has 2 aromatic rings. The minimum absolute atomic E-state index is 0. The van der Waals surface area contributed by atoms with Gasteiger partial charge in [-0.2, -0.15) is 23.6 Å². The van der Waals surface area contributed by atoms with Crippen LogP contribution in [0.5, 0.6) is 0 Å². The Morgan fingerprint density at radius 3 is 2.25 bits per heavy atom. The average Bonchev–Trinajstić information content (AvgIpc) is 3.03. The fourth-order valence-corrected chi connectivity index (χ4v) is 1.41. The number of halogens is 2. The van der Waals surface area contributed by atoms with Crippen LogP contribution in [0.3, 0.4) is 0 Å². The van der Waals surface area contributed by atoms with E-state index in [1.165, 1.54) is 14.6 Å². The molecule has 0 fully saturated rings. The normalized spacial score (nSPS) is 10.4. The first-order valence-corrected chi connectivity index (χ1v) is 6.82. The smallest absolute Gasteiger partial charge is 0.0809 e. The second-order valence-corrected chi connectivity index (χ2v) is 5.72. The quantitative estimate of drug-likeness (QED) is 0.441. The molecule has 0 radical (unpaired) electrons. The molecule has 0 bridgehead atoms. The Balaban J connectivity index is 0. The number of hydrogen-bond acceptors (Lipinski definition) is 0. The molecule has 0 heterocycles. The van der Waals surface area contributed by atoms with Gasteiger partial charge in [0.25, 0.3) is 0 Å². The SMILES string of the molecule is C[C](C)=[Ti+2].Cl.Cl.[C-]1=CC=CC1.c1ccc2[cH-]ccc2c1. The minimum Gasteiger partial charge on any atom is -0.273 e. The molecule has 0 saturated carbocycles. The third-order valence-electron chi connectivity index (χ3n) is 2.13. The van der Waals surface area contributed by atoms with Gasteiger partial charge in [-0.1, -0.05) is 6.07 Å². The van der Waals surface area contributed by atoms with Crippen LogP contribution in [0.4, 0.5) is 0 Å². The van der Waals surface area contributed by atoms with Crippen molar-refractivity contribution in [2.24, 2.45) is 0 Å². The van der Waals surface area contributed by atoms with E-state index in [9.17, 15) is 0 Å². The van der Waals surface area contributed by atoms with E-state index in [1.54, 1.807) is 0 Å². The zero-order valence-electron chi connectivity index (χ0n) is 11.8. The molecule has 0 aliphatic heterocycles. The summed E-state index contributed by atoms with van der Waals surface area (Å²) >= 11 is 2.08. The topological polar surface area (TPSA) is 0 Å². The van der Waals surface area contributed by atoms with Crippen molar-refractivity contribution >= 4 is 39.4 Å². The maximum absolute atomic E-state index is 2.99.